The van der Waals surface area contributed by atoms with Gasteiger partial charge < -0.3 is 5.32 Å². The first-order valence-electron chi connectivity index (χ1n) is 10.4. The number of aryl methyl sites for hydroxylation is 1. The van der Waals surface area contributed by atoms with E-state index in [9.17, 15) is 0 Å². The molecule has 0 unspecified atom stereocenters. The molecule has 6 nitrogen and oxygen atoms in total. The lowest BCUT2D eigenvalue weighted by molar-refractivity contribution is 0.187. The Labute approximate surface area is 155 Å². The molecule has 2 aromatic heterocycles. The zero-order chi connectivity index (χ0) is 17.6. The van der Waals surface area contributed by atoms with Crippen LogP contribution in [0.15, 0.2) is 6.20 Å². The van der Waals surface area contributed by atoms with Gasteiger partial charge >= 0.3 is 0 Å². The van der Waals surface area contributed by atoms with Gasteiger partial charge in [-0.2, -0.15) is 5.10 Å². The molecule has 5 rings (SSSR count). The van der Waals surface area contributed by atoms with Crippen LogP contribution in [0.3, 0.4) is 0 Å². The molecule has 1 N–H and O–H groups in total. The number of anilines is 1. The summed E-state index contributed by atoms with van der Waals surface area (Å²) in [5.41, 5.74) is 1.42. The van der Waals surface area contributed by atoms with Gasteiger partial charge in [0.25, 0.3) is 0 Å². The molecule has 0 spiro atoms. The van der Waals surface area contributed by atoms with E-state index >= 15 is 0 Å². The Morgan fingerprint density at radius 3 is 2.65 bits per heavy atom. The van der Waals surface area contributed by atoms with Crippen molar-refractivity contribution in [2.45, 2.75) is 69.2 Å². The molecule has 1 saturated carbocycles. The van der Waals surface area contributed by atoms with E-state index in [1.165, 1.54) is 70.9 Å². The van der Waals surface area contributed by atoms with E-state index in [2.05, 4.69) is 15.3 Å². The van der Waals surface area contributed by atoms with Gasteiger partial charge in [0.05, 0.1) is 11.6 Å². The van der Waals surface area contributed by atoms with Crippen molar-refractivity contribution in [1.82, 2.24) is 24.6 Å². The fourth-order valence-electron chi connectivity index (χ4n) is 5.59. The minimum atomic E-state index is 0.461. The molecule has 3 fully saturated rings. The highest BCUT2D eigenvalue weighted by atomic mass is 15.3. The van der Waals surface area contributed by atoms with Gasteiger partial charge in [-0.15, -0.1) is 0 Å². The number of fused-ring (bicyclic) bond motifs is 2. The summed E-state index contributed by atoms with van der Waals surface area (Å²) in [5, 5.41) is 9.15. The van der Waals surface area contributed by atoms with Gasteiger partial charge in [-0.25, -0.2) is 9.97 Å². The monoisotopic (exact) mass is 354 g/mol. The van der Waals surface area contributed by atoms with Gasteiger partial charge in [0.15, 0.2) is 5.65 Å². The maximum atomic E-state index is 4.95. The first-order chi connectivity index (χ1) is 12.8. The molecule has 0 aromatic carbocycles. The van der Waals surface area contributed by atoms with Crippen molar-refractivity contribution in [3.8, 4) is 0 Å². The second-order valence-corrected chi connectivity index (χ2v) is 8.51. The first-order valence-corrected chi connectivity index (χ1v) is 10.4. The van der Waals surface area contributed by atoms with Crippen molar-refractivity contribution in [3.63, 3.8) is 0 Å². The Bertz CT molecular complexity index is 781. The second kappa shape index (κ2) is 6.48. The van der Waals surface area contributed by atoms with E-state index in [1.807, 2.05) is 17.9 Å². The molecule has 6 heteroatoms. The van der Waals surface area contributed by atoms with Crippen molar-refractivity contribution >= 4 is 16.9 Å². The molecule has 0 bridgehead atoms. The Morgan fingerprint density at radius 2 is 1.88 bits per heavy atom. The molecular weight excluding hydrogens is 324 g/mol. The fourth-order valence-corrected chi connectivity index (χ4v) is 5.59. The van der Waals surface area contributed by atoms with Crippen LogP contribution in [0.2, 0.25) is 0 Å². The quantitative estimate of drug-likeness (QED) is 0.891. The number of nitrogens with zero attached hydrogens (tertiary/aromatic N) is 5. The summed E-state index contributed by atoms with van der Waals surface area (Å²) in [6, 6.07) is 0. The third-order valence-corrected chi connectivity index (χ3v) is 7.02. The molecule has 2 saturated heterocycles. The molecule has 2 aromatic rings. The predicted octanol–water partition coefficient (Wildman–Crippen LogP) is 3.45. The normalized spacial score (nSPS) is 23.1. The highest BCUT2D eigenvalue weighted by Crippen LogP contribution is 2.41. The Morgan fingerprint density at radius 1 is 1.12 bits per heavy atom. The third kappa shape index (κ3) is 2.70. The Balaban J connectivity index is 1.37. The minimum absolute atomic E-state index is 0.461. The number of hydrogen-bond acceptors (Lipinski definition) is 5. The molecule has 26 heavy (non-hydrogen) atoms. The van der Waals surface area contributed by atoms with E-state index in [0.29, 0.717) is 11.5 Å². The molecule has 0 atom stereocenters. The molecule has 3 aliphatic rings. The summed E-state index contributed by atoms with van der Waals surface area (Å²) in [4.78, 5) is 12.5. The van der Waals surface area contributed by atoms with Gasteiger partial charge in [0.2, 0.25) is 0 Å². The summed E-state index contributed by atoms with van der Waals surface area (Å²) in [6.07, 6.45) is 13.7. The van der Waals surface area contributed by atoms with Crippen molar-refractivity contribution in [3.05, 3.63) is 12.0 Å². The van der Waals surface area contributed by atoms with Crippen LogP contribution in [-0.2, 0) is 7.05 Å². The molecule has 0 radical (unpaired) electrons. The molecule has 2 aliphatic heterocycles. The van der Waals surface area contributed by atoms with Crippen LogP contribution in [0, 0.1) is 0 Å². The number of hydrogen-bond donors (Lipinski definition) is 1. The van der Waals surface area contributed by atoms with E-state index in [0.717, 1.165) is 29.2 Å². The largest absolute Gasteiger partial charge is 0.369 e. The van der Waals surface area contributed by atoms with E-state index < -0.39 is 0 Å². The number of rotatable bonds is 5. The highest BCUT2D eigenvalue weighted by molar-refractivity contribution is 5.86. The predicted molar refractivity (Wildman–Crippen MR) is 103 cm³/mol. The highest BCUT2D eigenvalue weighted by Gasteiger charge is 2.43. The smallest absolute Gasteiger partial charge is 0.163 e. The van der Waals surface area contributed by atoms with E-state index in [4.69, 9.17) is 9.97 Å². The van der Waals surface area contributed by atoms with Gasteiger partial charge in [-0.3, -0.25) is 9.58 Å². The topological polar surface area (TPSA) is 58.9 Å². The van der Waals surface area contributed by atoms with Crippen LogP contribution in [0.4, 0.5) is 5.82 Å². The fraction of sp³-hybridized carbons (Fsp3) is 0.750. The third-order valence-electron chi connectivity index (χ3n) is 7.02. The maximum absolute atomic E-state index is 4.95. The SMILES string of the molecule is Cn1ncc2c(NCCC34CCCN3CCC4)nc(C3CCCC3)nc21. The lowest BCUT2D eigenvalue weighted by Crippen LogP contribution is -2.39. The van der Waals surface area contributed by atoms with Crippen molar-refractivity contribution in [1.29, 1.82) is 0 Å². The Kier molecular flexibility index (Phi) is 4.11. The van der Waals surface area contributed by atoms with Crippen LogP contribution >= 0.6 is 0 Å². The van der Waals surface area contributed by atoms with Crippen LogP contribution in [0.5, 0.6) is 0 Å². The van der Waals surface area contributed by atoms with Crippen LogP contribution < -0.4 is 5.32 Å². The molecule has 0 amide bonds. The van der Waals surface area contributed by atoms with Crippen LogP contribution in [0.1, 0.15) is 69.5 Å². The van der Waals surface area contributed by atoms with Gasteiger partial charge in [-0.1, -0.05) is 12.8 Å². The summed E-state index contributed by atoms with van der Waals surface area (Å²) in [5.74, 6) is 2.53. The standard InChI is InChI=1S/C20H30N6/c1-25-19-16(14-22-25)18(23-17(24-19)15-6-2-3-7-15)21-11-10-20-8-4-12-26(20)13-5-9-20/h14-15H,2-13H2,1H3,(H,21,23,24). The summed E-state index contributed by atoms with van der Waals surface area (Å²) < 4.78 is 1.88. The molecular formula is C20H30N6. The maximum Gasteiger partial charge on any atom is 0.163 e. The van der Waals surface area contributed by atoms with Gasteiger partial charge in [-0.05, 0) is 58.0 Å². The number of aromatic nitrogens is 4. The van der Waals surface area contributed by atoms with Crippen LogP contribution in [0.25, 0.3) is 11.0 Å². The van der Waals surface area contributed by atoms with E-state index in [-0.39, 0.29) is 0 Å². The molecule has 4 heterocycles. The summed E-state index contributed by atoms with van der Waals surface area (Å²) in [7, 11) is 1.98. The summed E-state index contributed by atoms with van der Waals surface area (Å²) >= 11 is 0. The van der Waals surface area contributed by atoms with Crippen molar-refractivity contribution in [2.24, 2.45) is 7.05 Å². The zero-order valence-electron chi connectivity index (χ0n) is 15.9. The minimum Gasteiger partial charge on any atom is -0.369 e. The second-order valence-electron chi connectivity index (χ2n) is 8.51. The summed E-state index contributed by atoms with van der Waals surface area (Å²) in [6.45, 7) is 3.58. The average Bonchev–Trinajstić information content (AvgIpc) is 3.38. The van der Waals surface area contributed by atoms with Crippen molar-refractivity contribution < 1.29 is 0 Å². The number of nitrogens with one attached hydrogen (secondary N) is 1. The lowest BCUT2D eigenvalue weighted by Gasteiger charge is -2.32. The van der Waals surface area contributed by atoms with Crippen molar-refractivity contribution in [2.75, 3.05) is 25.0 Å². The molecule has 1 aliphatic carbocycles. The first kappa shape index (κ1) is 16.5. The van der Waals surface area contributed by atoms with Gasteiger partial charge in [0.1, 0.15) is 11.6 Å². The zero-order valence-corrected chi connectivity index (χ0v) is 15.9. The average molecular weight is 355 g/mol. The van der Waals surface area contributed by atoms with Gasteiger partial charge in [0, 0.05) is 25.0 Å². The van der Waals surface area contributed by atoms with Crippen LogP contribution in [-0.4, -0.2) is 49.8 Å². The van der Waals surface area contributed by atoms with E-state index in [1.54, 1.807) is 0 Å². The molecule has 140 valence electrons. The lowest BCUT2D eigenvalue weighted by atomic mass is 9.90. The Hall–Kier alpha value is -1.69.